The van der Waals surface area contributed by atoms with Crippen LogP contribution in [-0.4, -0.2) is 49.3 Å². The number of carbonyl (C=O) groups is 1. The molecule has 5 fully saturated rings. The Morgan fingerprint density at radius 2 is 2.04 bits per heavy atom. The molecule has 6 atom stereocenters. The van der Waals surface area contributed by atoms with E-state index in [0.717, 1.165) is 12.8 Å². The summed E-state index contributed by atoms with van der Waals surface area (Å²) in [7, 11) is 4.07. The summed E-state index contributed by atoms with van der Waals surface area (Å²) < 4.78 is 6.58. The average molecular weight is 353 g/mol. The van der Waals surface area contributed by atoms with Crippen LogP contribution in [0.5, 0.6) is 0 Å². The first-order valence-electron chi connectivity index (χ1n) is 10.3. The molecule has 7 rings (SSSR count). The van der Waals surface area contributed by atoms with Gasteiger partial charge in [0.2, 0.25) is 0 Å². The largest absolute Gasteiger partial charge is 0.469 e. The molecule has 26 heavy (non-hydrogen) atoms. The summed E-state index contributed by atoms with van der Waals surface area (Å²) in [6.07, 6.45) is 7.19. The Hall–Kier alpha value is -1.55. The van der Waals surface area contributed by atoms with Gasteiger partial charge in [-0.05, 0) is 43.7 Å². The lowest BCUT2D eigenvalue weighted by molar-refractivity contribution is -0.939. The predicted molar refractivity (Wildman–Crippen MR) is 99.8 cm³/mol. The van der Waals surface area contributed by atoms with Crippen LogP contribution in [-0.2, 0) is 14.9 Å². The Morgan fingerprint density at radius 3 is 2.88 bits per heavy atom. The molecule has 138 valence electrons. The number of piperidine rings is 1. The number of nitrogens with zero attached hydrogens (tertiary/aromatic N) is 1. The zero-order valence-corrected chi connectivity index (χ0v) is 15.9. The van der Waals surface area contributed by atoms with E-state index in [1.165, 1.54) is 54.5 Å². The van der Waals surface area contributed by atoms with Crippen LogP contribution >= 0.6 is 0 Å². The molecule has 3 aliphatic heterocycles. The molecular weight excluding hydrogens is 324 g/mol. The highest BCUT2D eigenvalue weighted by atomic mass is 16.5. The number of hydrogen-bond donors (Lipinski definition) is 1. The van der Waals surface area contributed by atoms with E-state index in [2.05, 4.69) is 36.6 Å². The first-order valence-corrected chi connectivity index (χ1v) is 10.3. The Morgan fingerprint density at radius 1 is 1.19 bits per heavy atom. The van der Waals surface area contributed by atoms with Crippen molar-refractivity contribution in [3.63, 3.8) is 0 Å². The third-order valence-electron chi connectivity index (χ3n) is 9.30. The number of ether oxygens (including phenoxy) is 1. The molecule has 2 bridgehead atoms. The van der Waals surface area contributed by atoms with Crippen LogP contribution in [0.1, 0.15) is 44.1 Å². The third kappa shape index (κ3) is 1.38. The maximum atomic E-state index is 13.0. The molecule has 0 unspecified atom stereocenters. The summed E-state index contributed by atoms with van der Waals surface area (Å²) in [6.45, 7) is 2.55. The van der Waals surface area contributed by atoms with Gasteiger partial charge < -0.3 is 14.5 Å². The minimum absolute atomic E-state index is 0.00822. The standard InChI is InChI=1S/C22H29N2O2/c1-24-12-5-8-20-9-10-22(16(14-20)18(25)26-2)21(11-13-24,19(20)24)15-6-3-4-7-17(15)23-22/h3-4,6-7,16,19,23H,5,8-14H2,1-2H3/q+1/t16-,19-,20+,21+,22-,24+/m0/s1. The van der Waals surface area contributed by atoms with E-state index in [0.29, 0.717) is 11.5 Å². The highest BCUT2D eigenvalue weighted by Crippen LogP contribution is 2.75. The van der Waals surface area contributed by atoms with Gasteiger partial charge in [0.1, 0.15) is 6.04 Å². The Labute approximate surface area is 155 Å². The van der Waals surface area contributed by atoms with Gasteiger partial charge in [-0.3, -0.25) is 4.79 Å². The molecule has 3 aliphatic carbocycles. The van der Waals surface area contributed by atoms with Crippen molar-refractivity contribution in [1.82, 2.24) is 0 Å². The minimum atomic E-state index is -0.149. The number of anilines is 1. The van der Waals surface area contributed by atoms with Gasteiger partial charge in [-0.1, -0.05) is 18.2 Å². The number of likely N-dealkylation sites (N-methyl/N-ethyl adjacent to an activating group) is 1. The van der Waals surface area contributed by atoms with Crippen LogP contribution in [0.3, 0.4) is 0 Å². The first-order chi connectivity index (χ1) is 12.5. The Bertz CT molecular complexity index is 824. The quantitative estimate of drug-likeness (QED) is 0.623. The molecule has 1 aromatic rings. The number of para-hydroxylation sites is 1. The zero-order chi connectivity index (χ0) is 17.8. The van der Waals surface area contributed by atoms with Crippen molar-refractivity contribution < 1.29 is 14.0 Å². The lowest BCUT2D eigenvalue weighted by atomic mass is 9.38. The van der Waals surface area contributed by atoms with Crippen molar-refractivity contribution in [2.75, 3.05) is 32.6 Å². The number of fused-ring (bicyclic) bond motifs is 3. The number of hydrogen-bond acceptors (Lipinski definition) is 3. The molecule has 4 heteroatoms. The van der Waals surface area contributed by atoms with Crippen molar-refractivity contribution in [3.05, 3.63) is 29.8 Å². The van der Waals surface area contributed by atoms with E-state index >= 15 is 0 Å². The molecule has 0 amide bonds. The summed E-state index contributed by atoms with van der Waals surface area (Å²) in [5.41, 5.74) is 3.02. The number of quaternary nitrogens is 1. The van der Waals surface area contributed by atoms with E-state index in [-0.39, 0.29) is 22.8 Å². The van der Waals surface area contributed by atoms with E-state index < -0.39 is 0 Å². The summed E-state index contributed by atoms with van der Waals surface area (Å²) >= 11 is 0. The van der Waals surface area contributed by atoms with Gasteiger partial charge in [0.25, 0.3) is 0 Å². The van der Waals surface area contributed by atoms with Gasteiger partial charge in [-0.15, -0.1) is 0 Å². The van der Waals surface area contributed by atoms with E-state index in [1.807, 2.05) is 0 Å². The SMILES string of the molecule is COC(=O)[C@@H]1C[C@@]23CCC[N@+]4(C)CC[C@@]5(c6ccccc6N[C@@]15CC2)[C@H]34. The normalized spacial score (nSPS) is 49.8. The van der Waals surface area contributed by atoms with Gasteiger partial charge in [-0.2, -0.15) is 0 Å². The fourth-order valence-corrected chi connectivity index (χ4v) is 8.79. The van der Waals surface area contributed by atoms with Crippen LogP contribution in [0, 0.1) is 11.3 Å². The fraction of sp³-hybridized carbons (Fsp3) is 0.682. The maximum Gasteiger partial charge on any atom is 0.311 e. The second kappa shape index (κ2) is 4.46. The number of rotatable bonds is 1. The molecule has 3 spiro atoms. The van der Waals surface area contributed by atoms with E-state index in [4.69, 9.17) is 4.74 Å². The van der Waals surface area contributed by atoms with Crippen LogP contribution in [0.15, 0.2) is 24.3 Å². The van der Waals surface area contributed by atoms with E-state index in [9.17, 15) is 4.79 Å². The molecule has 4 nitrogen and oxygen atoms in total. The molecular formula is C22H29N2O2+. The smallest absolute Gasteiger partial charge is 0.311 e. The summed E-state index contributed by atoms with van der Waals surface area (Å²) in [6, 6.07) is 9.56. The van der Waals surface area contributed by atoms with Gasteiger partial charge in [-0.25, -0.2) is 0 Å². The van der Waals surface area contributed by atoms with Crippen LogP contribution in [0.2, 0.25) is 0 Å². The molecule has 3 saturated carbocycles. The number of benzene rings is 1. The van der Waals surface area contributed by atoms with Crippen molar-refractivity contribution in [3.8, 4) is 0 Å². The molecule has 0 aromatic heterocycles. The second-order valence-corrected chi connectivity index (χ2v) is 9.94. The maximum absolute atomic E-state index is 13.0. The summed E-state index contributed by atoms with van der Waals surface area (Å²) in [5, 5.41) is 3.96. The molecule has 1 N–H and O–H groups in total. The van der Waals surface area contributed by atoms with Gasteiger partial charge in [0.15, 0.2) is 0 Å². The number of esters is 1. The van der Waals surface area contributed by atoms with E-state index in [1.54, 1.807) is 7.11 Å². The van der Waals surface area contributed by atoms with Gasteiger partial charge >= 0.3 is 5.97 Å². The minimum Gasteiger partial charge on any atom is -0.469 e. The molecule has 0 radical (unpaired) electrons. The molecule has 2 saturated heterocycles. The van der Waals surface area contributed by atoms with Gasteiger partial charge in [0.05, 0.1) is 44.1 Å². The highest BCUT2D eigenvalue weighted by Gasteiger charge is 2.83. The molecule has 6 aliphatic rings. The number of nitrogens with one attached hydrogen (secondary N) is 1. The van der Waals surface area contributed by atoms with Crippen molar-refractivity contribution in [2.24, 2.45) is 11.3 Å². The van der Waals surface area contributed by atoms with Crippen molar-refractivity contribution >= 4 is 11.7 Å². The number of methoxy groups -OCH3 is 1. The van der Waals surface area contributed by atoms with Crippen molar-refractivity contribution in [2.45, 2.75) is 55.5 Å². The van der Waals surface area contributed by atoms with Crippen LogP contribution < -0.4 is 5.32 Å². The first kappa shape index (κ1) is 15.5. The lowest BCUT2D eigenvalue weighted by Gasteiger charge is -2.68. The average Bonchev–Trinajstić information content (AvgIpc) is 3.15. The molecule has 1 aromatic carbocycles. The van der Waals surface area contributed by atoms with Crippen molar-refractivity contribution in [1.29, 1.82) is 0 Å². The molecule has 3 heterocycles. The third-order valence-corrected chi connectivity index (χ3v) is 9.30. The topological polar surface area (TPSA) is 38.3 Å². The highest BCUT2D eigenvalue weighted by molar-refractivity contribution is 5.80. The predicted octanol–water partition coefficient (Wildman–Crippen LogP) is 3.07. The second-order valence-electron chi connectivity index (χ2n) is 9.94. The summed E-state index contributed by atoms with van der Waals surface area (Å²) in [4.78, 5) is 13.0. The van der Waals surface area contributed by atoms with Crippen LogP contribution in [0.25, 0.3) is 0 Å². The lowest BCUT2D eigenvalue weighted by Crippen LogP contribution is -2.79. The van der Waals surface area contributed by atoms with Crippen LogP contribution in [0.4, 0.5) is 5.69 Å². The number of carbonyl (C=O) groups excluding carboxylic acids is 1. The fourth-order valence-electron chi connectivity index (χ4n) is 8.79. The summed E-state index contributed by atoms with van der Waals surface area (Å²) in [5.74, 6) is -0.0107. The zero-order valence-electron chi connectivity index (χ0n) is 15.9. The van der Waals surface area contributed by atoms with Gasteiger partial charge in [0, 0.05) is 17.5 Å². The Balaban J connectivity index is 1.67. The monoisotopic (exact) mass is 353 g/mol. The Kier molecular flexibility index (Phi) is 2.66.